The molecule has 0 spiro atoms. The first-order valence-electron chi connectivity index (χ1n) is 5.79. The van der Waals surface area contributed by atoms with Gasteiger partial charge in [-0.15, -0.1) is 11.6 Å². The predicted molar refractivity (Wildman–Crippen MR) is 72.9 cm³/mol. The first kappa shape index (κ1) is 12.8. The van der Waals surface area contributed by atoms with Gasteiger partial charge in [-0.25, -0.2) is 9.37 Å². The number of hydrogen-bond acceptors (Lipinski definition) is 2. The molecule has 2 rings (SSSR count). The maximum atomic E-state index is 13.3. The molecule has 1 aromatic carbocycles. The fourth-order valence-electron chi connectivity index (χ4n) is 1.81. The summed E-state index contributed by atoms with van der Waals surface area (Å²) in [5, 5.41) is 0. The summed E-state index contributed by atoms with van der Waals surface area (Å²) in [5.41, 5.74) is 1.60. The molecule has 0 N–H and O–H groups in total. The van der Waals surface area contributed by atoms with E-state index < -0.39 is 0 Å². The Labute approximate surface area is 111 Å². The highest BCUT2D eigenvalue weighted by atomic mass is 35.5. The minimum absolute atomic E-state index is 0.251. The van der Waals surface area contributed by atoms with E-state index in [-0.39, 0.29) is 5.82 Å². The molecule has 0 saturated heterocycles. The number of pyridine rings is 1. The van der Waals surface area contributed by atoms with Crippen molar-refractivity contribution in [2.45, 2.75) is 12.8 Å². The Morgan fingerprint density at radius 1 is 1.22 bits per heavy atom. The van der Waals surface area contributed by atoms with Crippen LogP contribution >= 0.6 is 11.6 Å². The number of halogens is 2. The Morgan fingerprint density at radius 2 is 2.00 bits per heavy atom. The smallest absolute Gasteiger partial charge is 0.133 e. The topological polar surface area (TPSA) is 16.1 Å². The Morgan fingerprint density at radius 3 is 2.67 bits per heavy atom. The van der Waals surface area contributed by atoms with Crippen molar-refractivity contribution < 1.29 is 4.39 Å². The van der Waals surface area contributed by atoms with Crippen molar-refractivity contribution in [3.05, 3.63) is 54.0 Å². The van der Waals surface area contributed by atoms with Gasteiger partial charge in [0.05, 0.1) is 11.6 Å². The van der Waals surface area contributed by atoms with Crippen LogP contribution in [0.3, 0.4) is 0 Å². The summed E-state index contributed by atoms with van der Waals surface area (Å²) in [6.45, 7) is 2.71. The Hall–Kier alpha value is -1.61. The number of anilines is 2. The van der Waals surface area contributed by atoms with Gasteiger partial charge in [-0.1, -0.05) is 12.1 Å². The second-order valence-corrected chi connectivity index (χ2v) is 4.11. The van der Waals surface area contributed by atoms with Crippen LogP contribution in [0.1, 0.15) is 12.6 Å². The van der Waals surface area contributed by atoms with Gasteiger partial charge < -0.3 is 4.90 Å². The van der Waals surface area contributed by atoms with Crippen LogP contribution in [0, 0.1) is 5.82 Å². The molecule has 0 saturated carbocycles. The van der Waals surface area contributed by atoms with Crippen molar-refractivity contribution in [1.29, 1.82) is 0 Å². The van der Waals surface area contributed by atoms with Crippen molar-refractivity contribution in [3.63, 3.8) is 0 Å². The lowest BCUT2D eigenvalue weighted by Crippen LogP contribution is -2.17. The lowest BCUT2D eigenvalue weighted by molar-refractivity contribution is 0.627. The van der Waals surface area contributed by atoms with Crippen LogP contribution in [0.4, 0.5) is 15.9 Å². The molecule has 4 heteroatoms. The third kappa shape index (κ3) is 2.79. The fourth-order valence-corrected chi connectivity index (χ4v) is 1.96. The normalized spacial score (nSPS) is 10.4. The van der Waals surface area contributed by atoms with E-state index in [0.717, 1.165) is 17.2 Å². The van der Waals surface area contributed by atoms with Gasteiger partial charge in [0.2, 0.25) is 0 Å². The van der Waals surface area contributed by atoms with Gasteiger partial charge in [0.15, 0.2) is 0 Å². The van der Waals surface area contributed by atoms with Crippen LogP contribution in [0.2, 0.25) is 0 Å². The molecule has 0 atom stereocenters. The summed E-state index contributed by atoms with van der Waals surface area (Å²) in [4.78, 5) is 6.38. The van der Waals surface area contributed by atoms with E-state index in [1.165, 1.54) is 12.1 Å². The molecule has 0 aliphatic rings. The summed E-state index contributed by atoms with van der Waals surface area (Å²) in [7, 11) is 0. The second-order valence-electron chi connectivity index (χ2n) is 3.84. The predicted octanol–water partition coefficient (Wildman–Crippen LogP) is 4.12. The van der Waals surface area contributed by atoms with Gasteiger partial charge >= 0.3 is 0 Å². The first-order chi connectivity index (χ1) is 8.74. The Balaban J connectivity index is 2.38. The summed E-state index contributed by atoms with van der Waals surface area (Å²) in [6.07, 6.45) is 0. The molecule has 0 fully saturated rings. The van der Waals surface area contributed by atoms with Gasteiger partial charge in [-0.2, -0.15) is 0 Å². The van der Waals surface area contributed by atoms with Gasteiger partial charge in [0, 0.05) is 12.2 Å². The number of aromatic nitrogens is 1. The van der Waals surface area contributed by atoms with Crippen molar-refractivity contribution >= 4 is 23.1 Å². The molecule has 18 heavy (non-hydrogen) atoms. The third-order valence-electron chi connectivity index (χ3n) is 2.64. The zero-order chi connectivity index (χ0) is 13.0. The molecular formula is C14H14ClFN2. The fraction of sp³-hybridized carbons (Fsp3) is 0.214. The highest BCUT2D eigenvalue weighted by molar-refractivity contribution is 6.16. The van der Waals surface area contributed by atoms with Crippen LogP contribution in [-0.4, -0.2) is 11.5 Å². The SMILES string of the molecule is CCN(c1cccc(F)c1)c1cccc(CCl)n1. The van der Waals surface area contributed by atoms with E-state index in [1.807, 2.05) is 36.1 Å². The Bertz CT molecular complexity index is 531. The number of benzene rings is 1. The van der Waals surface area contributed by atoms with Crippen molar-refractivity contribution in [2.75, 3.05) is 11.4 Å². The van der Waals surface area contributed by atoms with Crippen LogP contribution in [0.15, 0.2) is 42.5 Å². The van der Waals surface area contributed by atoms with Gasteiger partial charge in [-0.05, 0) is 37.3 Å². The number of rotatable bonds is 4. The minimum atomic E-state index is -0.251. The lowest BCUT2D eigenvalue weighted by atomic mass is 10.2. The molecule has 2 nitrogen and oxygen atoms in total. The molecule has 0 aliphatic carbocycles. The van der Waals surface area contributed by atoms with Crippen LogP contribution < -0.4 is 4.90 Å². The third-order valence-corrected chi connectivity index (χ3v) is 2.92. The molecule has 1 aromatic heterocycles. The highest BCUT2D eigenvalue weighted by Gasteiger charge is 2.09. The molecule has 94 valence electrons. The van der Waals surface area contributed by atoms with E-state index in [1.54, 1.807) is 6.07 Å². The number of hydrogen-bond donors (Lipinski definition) is 0. The van der Waals surface area contributed by atoms with E-state index in [0.29, 0.717) is 12.4 Å². The maximum Gasteiger partial charge on any atom is 0.133 e. The summed E-state index contributed by atoms with van der Waals surface area (Å²) >= 11 is 5.78. The average Bonchev–Trinajstić information content (AvgIpc) is 2.40. The van der Waals surface area contributed by atoms with Crippen LogP contribution in [-0.2, 0) is 5.88 Å². The number of alkyl halides is 1. The molecule has 0 aliphatic heterocycles. The van der Waals surface area contributed by atoms with E-state index in [4.69, 9.17) is 11.6 Å². The van der Waals surface area contributed by atoms with Crippen molar-refractivity contribution in [2.24, 2.45) is 0 Å². The van der Waals surface area contributed by atoms with E-state index >= 15 is 0 Å². The number of nitrogens with zero attached hydrogens (tertiary/aromatic N) is 2. The van der Waals surface area contributed by atoms with Gasteiger partial charge in [0.25, 0.3) is 0 Å². The molecular weight excluding hydrogens is 251 g/mol. The maximum absolute atomic E-state index is 13.3. The highest BCUT2D eigenvalue weighted by Crippen LogP contribution is 2.24. The molecule has 2 aromatic rings. The zero-order valence-corrected chi connectivity index (χ0v) is 10.9. The summed E-state index contributed by atoms with van der Waals surface area (Å²) in [6, 6.07) is 12.2. The van der Waals surface area contributed by atoms with E-state index in [9.17, 15) is 4.39 Å². The van der Waals surface area contributed by atoms with Gasteiger partial charge in [-0.3, -0.25) is 0 Å². The van der Waals surface area contributed by atoms with Crippen molar-refractivity contribution in [3.8, 4) is 0 Å². The monoisotopic (exact) mass is 264 g/mol. The summed E-state index contributed by atoms with van der Waals surface area (Å²) in [5.74, 6) is 0.898. The lowest BCUT2D eigenvalue weighted by Gasteiger charge is -2.22. The molecule has 0 amide bonds. The minimum Gasteiger partial charge on any atom is -0.327 e. The van der Waals surface area contributed by atoms with Gasteiger partial charge in [0.1, 0.15) is 11.6 Å². The van der Waals surface area contributed by atoms with Crippen LogP contribution in [0.25, 0.3) is 0 Å². The van der Waals surface area contributed by atoms with E-state index in [2.05, 4.69) is 4.98 Å². The summed E-state index contributed by atoms with van der Waals surface area (Å²) < 4.78 is 13.3. The quantitative estimate of drug-likeness (QED) is 0.773. The zero-order valence-electron chi connectivity index (χ0n) is 10.1. The second kappa shape index (κ2) is 5.83. The largest absolute Gasteiger partial charge is 0.327 e. The molecule has 0 bridgehead atoms. The molecule has 1 heterocycles. The standard InChI is InChI=1S/C14H14ClFN2/c1-2-18(13-7-3-5-11(16)9-13)14-8-4-6-12(10-15)17-14/h3-9H,2,10H2,1H3. The average molecular weight is 265 g/mol. The molecule has 0 unspecified atom stereocenters. The first-order valence-corrected chi connectivity index (χ1v) is 6.33. The molecule has 0 radical (unpaired) electrons. The van der Waals surface area contributed by atoms with Crippen LogP contribution in [0.5, 0.6) is 0 Å². The Kier molecular flexibility index (Phi) is 4.15. The van der Waals surface area contributed by atoms with Crippen molar-refractivity contribution in [1.82, 2.24) is 4.98 Å².